The minimum Gasteiger partial charge on any atom is -0.379 e. The molecule has 116 valence electrons. The molecule has 5 heteroatoms. The summed E-state index contributed by atoms with van der Waals surface area (Å²) in [6.07, 6.45) is 2.30. The van der Waals surface area contributed by atoms with Gasteiger partial charge in [0.2, 0.25) is 0 Å². The highest BCUT2D eigenvalue weighted by atomic mass is 16.5. The van der Waals surface area contributed by atoms with E-state index in [-0.39, 0.29) is 0 Å². The monoisotopic (exact) mass is 276 g/mol. The summed E-state index contributed by atoms with van der Waals surface area (Å²) in [7, 11) is 2.06. The van der Waals surface area contributed by atoms with Gasteiger partial charge in [-0.05, 0) is 20.4 Å². The zero-order valence-electron chi connectivity index (χ0n) is 12.9. The third-order valence-corrected chi connectivity index (χ3v) is 3.07. The number of nitrogens with two attached hydrogens (primary N) is 1. The van der Waals surface area contributed by atoms with Gasteiger partial charge in [0.25, 0.3) is 0 Å². The van der Waals surface area contributed by atoms with Crippen molar-refractivity contribution in [1.82, 2.24) is 4.90 Å². The van der Waals surface area contributed by atoms with Crippen LogP contribution >= 0.6 is 0 Å². The highest BCUT2D eigenvalue weighted by Crippen LogP contribution is 1.92. The van der Waals surface area contributed by atoms with Crippen LogP contribution in [0.5, 0.6) is 0 Å². The molecule has 1 atom stereocenters. The Morgan fingerprint density at radius 2 is 1.47 bits per heavy atom. The fourth-order valence-corrected chi connectivity index (χ4v) is 1.40. The van der Waals surface area contributed by atoms with E-state index in [1.54, 1.807) is 0 Å². The third-order valence-electron chi connectivity index (χ3n) is 3.07. The summed E-state index contributed by atoms with van der Waals surface area (Å²) in [5.74, 6) is 0. The van der Waals surface area contributed by atoms with Gasteiger partial charge < -0.3 is 24.8 Å². The van der Waals surface area contributed by atoms with E-state index in [2.05, 4.69) is 25.8 Å². The van der Waals surface area contributed by atoms with Crippen molar-refractivity contribution in [3.05, 3.63) is 0 Å². The topological polar surface area (TPSA) is 57.0 Å². The van der Waals surface area contributed by atoms with Crippen LogP contribution in [-0.4, -0.2) is 70.7 Å². The molecule has 0 aromatic carbocycles. The average molecular weight is 276 g/mol. The Hall–Kier alpha value is -0.200. The Morgan fingerprint density at radius 1 is 0.947 bits per heavy atom. The van der Waals surface area contributed by atoms with Crippen molar-refractivity contribution < 1.29 is 14.2 Å². The van der Waals surface area contributed by atoms with Gasteiger partial charge in [-0.25, -0.2) is 0 Å². The van der Waals surface area contributed by atoms with Crippen LogP contribution in [0, 0.1) is 0 Å². The fraction of sp³-hybridized carbons (Fsp3) is 1.00. The number of ether oxygens (including phenoxy) is 3. The first-order valence-electron chi connectivity index (χ1n) is 7.35. The zero-order chi connectivity index (χ0) is 14.3. The van der Waals surface area contributed by atoms with Crippen molar-refractivity contribution in [1.29, 1.82) is 0 Å². The zero-order valence-corrected chi connectivity index (χ0v) is 12.9. The second kappa shape index (κ2) is 14.2. The van der Waals surface area contributed by atoms with Crippen LogP contribution < -0.4 is 5.73 Å². The Morgan fingerprint density at radius 3 is 2.00 bits per heavy atom. The smallest absolute Gasteiger partial charge is 0.0701 e. The van der Waals surface area contributed by atoms with Crippen LogP contribution in [0.15, 0.2) is 0 Å². The summed E-state index contributed by atoms with van der Waals surface area (Å²) in [5.41, 5.74) is 5.59. The fourth-order valence-electron chi connectivity index (χ4n) is 1.40. The molecule has 1 unspecified atom stereocenters. The van der Waals surface area contributed by atoms with Gasteiger partial charge in [-0.3, -0.25) is 0 Å². The van der Waals surface area contributed by atoms with Gasteiger partial charge in [0, 0.05) is 25.7 Å². The predicted molar refractivity (Wildman–Crippen MR) is 78.5 cm³/mol. The Bertz CT molecular complexity index is 182. The first kappa shape index (κ1) is 18.8. The molecule has 0 spiro atoms. The second-order valence-electron chi connectivity index (χ2n) is 4.76. The largest absolute Gasteiger partial charge is 0.379 e. The van der Waals surface area contributed by atoms with Gasteiger partial charge in [0.1, 0.15) is 0 Å². The number of likely N-dealkylation sites (N-methyl/N-ethyl adjacent to an activating group) is 1. The van der Waals surface area contributed by atoms with Crippen molar-refractivity contribution >= 4 is 0 Å². The highest BCUT2D eigenvalue weighted by Gasteiger charge is 2.05. The second-order valence-corrected chi connectivity index (χ2v) is 4.76. The van der Waals surface area contributed by atoms with Gasteiger partial charge >= 0.3 is 0 Å². The molecule has 0 aliphatic carbocycles. The maximum absolute atomic E-state index is 5.59. The normalized spacial score (nSPS) is 13.1. The SMILES string of the molecule is CCCCOCCOCCOCCN(C)C(C)CN. The maximum atomic E-state index is 5.59. The highest BCUT2D eigenvalue weighted by molar-refractivity contribution is 4.62. The molecule has 0 saturated heterocycles. The van der Waals surface area contributed by atoms with Gasteiger partial charge in [0.05, 0.1) is 33.0 Å². The molecular formula is C14H32N2O3. The Kier molecular flexibility index (Phi) is 14.1. The van der Waals surface area contributed by atoms with Crippen molar-refractivity contribution in [2.45, 2.75) is 32.7 Å². The van der Waals surface area contributed by atoms with Crippen LogP contribution in [0.25, 0.3) is 0 Å². The van der Waals surface area contributed by atoms with Crippen LogP contribution in [-0.2, 0) is 14.2 Å². The molecule has 0 aliphatic heterocycles. The van der Waals surface area contributed by atoms with Crippen molar-refractivity contribution in [3.63, 3.8) is 0 Å². The number of hydrogen-bond donors (Lipinski definition) is 1. The van der Waals surface area contributed by atoms with Gasteiger partial charge in [-0.2, -0.15) is 0 Å². The lowest BCUT2D eigenvalue weighted by Crippen LogP contribution is -2.37. The molecule has 2 N–H and O–H groups in total. The summed E-state index contributed by atoms with van der Waals surface area (Å²) >= 11 is 0. The lowest BCUT2D eigenvalue weighted by molar-refractivity contribution is 0.00997. The van der Waals surface area contributed by atoms with Gasteiger partial charge in [-0.1, -0.05) is 13.3 Å². The van der Waals surface area contributed by atoms with E-state index >= 15 is 0 Å². The van der Waals surface area contributed by atoms with Crippen molar-refractivity contribution in [3.8, 4) is 0 Å². The molecule has 0 heterocycles. The number of rotatable bonds is 14. The summed E-state index contributed by atoms with van der Waals surface area (Å²) in [6, 6.07) is 0.403. The molecule has 19 heavy (non-hydrogen) atoms. The van der Waals surface area contributed by atoms with E-state index < -0.39 is 0 Å². The van der Waals surface area contributed by atoms with Crippen LogP contribution in [0.3, 0.4) is 0 Å². The summed E-state index contributed by atoms with van der Waals surface area (Å²) in [5, 5.41) is 0. The minimum absolute atomic E-state index is 0.403. The van der Waals surface area contributed by atoms with Gasteiger partial charge in [-0.15, -0.1) is 0 Å². The van der Waals surface area contributed by atoms with Crippen molar-refractivity contribution in [2.75, 3.05) is 59.8 Å². The lowest BCUT2D eigenvalue weighted by Gasteiger charge is -2.22. The maximum Gasteiger partial charge on any atom is 0.0701 e. The van der Waals surface area contributed by atoms with Crippen molar-refractivity contribution in [2.24, 2.45) is 5.73 Å². The molecule has 0 aromatic rings. The molecule has 0 saturated carbocycles. The van der Waals surface area contributed by atoms with E-state index in [0.717, 1.165) is 26.2 Å². The molecule has 5 nitrogen and oxygen atoms in total. The molecule has 0 radical (unpaired) electrons. The molecular weight excluding hydrogens is 244 g/mol. The van der Waals surface area contributed by atoms with E-state index in [1.165, 1.54) is 6.42 Å². The number of nitrogens with zero attached hydrogens (tertiary/aromatic N) is 1. The van der Waals surface area contributed by atoms with E-state index in [9.17, 15) is 0 Å². The molecule has 0 aromatic heterocycles. The molecule has 0 fully saturated rings. The molecule has 0 rings (SSSR count). The first-order chi connectivity index (χ1) is 9.22. The average Bonchev–Trinajstić information content (AvgIpc) is 2.43. The van der Waals surface area contributed by atoms with E-state index in [0.29, 0.717) is 39.0 Å². The van der Waals surface area contributed by atoms with E-state index in [4.69, 9.17) is 19.9 Å². The molecule has 0 bridgehead atoms. The van der Waals surface area contributed by atoms with E-state index in [1.807, 2.05) is 0 Å². The summed E-state index contributed by atoms with van der Waals surface area (Å²) < 4.78 is 16.3. The molecule has 0 amide bonds. The quantitative estimate of drug-likeness (QED) is 0.482. The minimum atomic E-state index is 0.403. The van der Waals surface area contributed by atoms with Gasteiger partial charge in [0.15, 0.2) is 0 Å². The van der Waals surface area contributed by atoms with Crippen LogP contribution in [0.4, 0.5) is 0 Å². The Labute approximate surface area is 118 Å². The van der Waals surface area contributed by atoms with Crippen LogP contribution in [0.2, 0.25) is 0 Å². The summed E-state index contributed by atoms with van der Waals surface area (Å²) in [6.45, 7) is 10.0. The number of unbranched alkanes of at least 4 members (excludes halogenated alkanes) is 1. The third kappa shape index (κ3) is 12.6. The standard InChI is InChI=1S/C14H32N2O3/c1-4-5-7-17-9-11-19-12-10-18-8-6-16(3)14(2)13-15/h14H,4-13,15H2,1-3H3. The first-order valence-corrected chi connectivity index (χ1v) is 7.35. The number of hydrogen-bond acceptors (Lipinski definition) is 5. The lowest BCUT2D eigenvalue weighted by atomic mass is 10.3. The predicted octanol–water partition coefficient (Wildman–Crippen LogP) is 1.12. The molecule has 0 aliphatic rings. The Balaban J connectivity index is 3.10. The summed E-state index contributed by atoms with van der Waals surface area (Å²) in [4.78, 5) is 2.20. The van der Waals surface area contributed by atoms with Crippen LogP contribution in [0.1, 0.15) is 26.7 Å².